The van der Waals surface area contributed by atoms with E-state index in [-0.39, 0.29) is 37.6 Å². The Balaban J connectivity index is 1.23. The van der Waals surface area contributed by atoms with Crippen LogP contribution in [0.3, 0.4) is 0 Å². The van der Waals surface area contributed by atoms with E-state index in [0.29, 0.717) is 12.3 Å². The Bertz CT molecular complexity index is 1110. The van der Waals surface area contributed by atoms with Crippen molar-refractivity contribution in [2.24, 2.45) is 0 Å². The molecule has 33 heavy (non-hydrogen) atoms. The van der Waals surface area contributed by atoms with Crippen molar-refractivity contribution in [1.29, 1.82) is 0 Å². The molecule has 1 aromatic heterocycles. The lowest BCUT2D eigenvalue weighted by molar-refractivity contribution is -0.133. The summed E-state index contributed by atoms with van der Waals surface area (Å²) in [6.45, 7) is 1.07. The van der Waals surface area contributed by atoms with Gasteiger partial charge in [-0.25, -0.2) is 9.37 Å². The first-order valence-electron chi connectivity index (χ1n) is 11.1. The molecule has 2 aromatic carbocycles. The molecule has 8 heteroatoms. The zero-order valence-corrected chi connectivity index (χ0v) is 19.0. The van der Waals surface area contributed by atoms with Crippen LogP contribution in [0.5, 0.6) is 17.2 Å². The van der Waals surface area contributed by atoms with Crippen LogP contribution in [0.25, 0.3) is 0 Å². The number of rotatable bonds is 8. The maximum atomic E-state index is 13.3. The Morgan fingerprint density at radius 1 is 1.12 bits per heavy atom. The fraction of sp³-hybridized carbons (Fsp3) is 0.360. The lowest BCUT2D eigenvalue weighted by Gasteiger charge is -2.29. The number of nitrogens with zero attached hydrogens (tertiary/aromatic N) is 2. The van der Waals surface area contributed by atoms with Crippen LogP contribution in [0.15, 0.2) is 47.8 Å². The molecule has 2 heterocycles. The summed E-state index contributed by atoms with van der Waals surface area (Å²) in [6.07, 6.45) is 4.62. The number of hydrogen-bond donors (Lipinski definition) is 0. The predicted molar refractivity (Wildman–Crippen MR) is 122 cm³/mol. The predicted octanol–water partition coefficient (Wildman–Crippen LogP) is 5.10. The molecular formula is C25H25FN2O4S. The van der Waals surface area contributed by atoms with Crippen LogP contribution in [-0.2, 0) is 24.4 Å². The van der Waals surface area contributed by atoms with E-state index in [1.54, 1.807) is 12.1 Å². The number of halogens is 1. The molecule has 5 rings (SSSR count). The number of carbonyl (C=O) groups excluding carboxylic acids is 1. The van der Waals surface area contributed by atoms with Crippen molar-refractivity contribution in [3.05, 3.63) is 69.9 Å². The van der Waals surface area contributed by atoms with E-state index in [0.717, 1.165) is 53.4 Å². The first-order valence-corrected chi connectivity index (χ1v) is 12.0. The van der Waals surface area contributed by atoms with Crippen molar-refractivity contribution in [2.75, 3.05) is 6.79 Å². The second-order valence-corrected chi connectivity index (χ2v) is 9.24. The Labute approximate surface area is 195 Å². The maximum Gasteiger partial charge on any atom is 0.231 e. The average molecular weight is 469 g/mol. The third kappa shape index (κ3) is 5.27. The summed E-state index contributed by atoms with van der Waals surface area (Å²) in [4.78, 5) is 19.9. The van der Waals surface area contributed by atoms with Gasteiger partial charge in [0.05, 0.1) is 12.1 Å². The van der Waals surface area contributed by atoms with Crippen LogP contribution >= 0.6 is 11.3 Å². The van der Waals surface area contributed by atoms with Crippen LogP contribution in [0.1, 0.15) is 41.9 Å². The quantitative estimate of drug-likeness (QED) is 0.460. The normalized spacial score (nSPS) is 15.1. The van der Waals surface area contributed by atoms with Gasteiger partial charge < -0.3 is 19.1 Å². The highest BCUT2D eigenvalue weighted by Gasteiger charge is 2.28. The molecule has 0 N–H and O–H groups in total. The van der Waals surface area contributed by atoms with Crippen LogP contribution in [0.4, 0.5) is 4.39 Å². The Morgan fingerprint density at radius 3 is 2.73 bits per heavy atom. The second-order valence-electron chi connectivity index (χ2n) is 8.30. The van der Waals surface area contributed by atoms with Gasteiger partial charge in [-0.05, 0) is 54.8 Å². The van der Waals surface area contributed by atoms with Gasteiger partial charge in [-0.15, -0.1) is 11.3 Å². The van der Waals surface area contributed by atoms with Crippen molar-refractivity contribution in [2.45, 2.75) is 51.3 Å². The van der Waals surface area contributed by atoms with E-state index in [4.69, 9.17) is 14.2 Å². The molecule has 1 saturated carbocycles. The standard InChI is InChI=1S/C25H25FN2O4S/c26-18-6-8-21(9-7-18)30-14-24-27-19(15-33-24)12-25(29)28(20-3-1-2-4-20)13-17-5-10-22-23(11-17)32-16-31-22/h5-11,15,20H,1-4,12-14,16H2. The number of ether oxygens (including phenoxy) is 3. The largest absolute Gasteiger partial charge is 0.486 e. The lowest BCUT2D eigenvalue weighted by atomic mass is 10.1. The number of carbonyl (C=O) groups is 1. The van der Waals surface area contributed by atoms with E-state index in [2.05, 4.69) is 4.98 Å². The molecule has 0 saturated heterocycles. The summed E-state index contributed by atoms with van der Waals surface area (Å²) >= 11 is 1.46. The zero-order valence-electron chi connectivity index (χ0n) is 18.2. The fourth-order valence-electron chi connectivity index (χ4n) is 4.30. The molecule has 3 aromatic rings. The Kier molecular flexibility index (Phi) is 6.44. The molecule has 2 aliphatic rings. The third-order valence-corrected chi connectivity index (χ3v) is 6.85. The highest BCUT2D eigenvalue weighted by Crippen LogP contribution is 2.34. The minimum atomic E-state index is -0.301. The Morgan fingerprint density at radius 2 is 1.91 bits per heavy atom. The van der Waals surface area contributed by atoms with E-state index in [9.17, 15) is 9.18 Å². The topological polar surface area (TPSA) is 60.9 Å². The van der Waals surface area contributed by atoms with Gasteiger partial charge in [0, 0.05) is 18.0 Å². The van der Waals surface area contributed by atoms with Gasteiger partial charge >= 0.3 is 0 Å². The minimum Gasteiger partial charge on any atom is -0.486 e. The van der Waals surface area contributed by atoms with Crippen LogP contribution in [-0.4, -0.2) is 28.6 Å². The molecule has 1 fully saturated rings. The average Bonchev–Trinajstić information content (AvgIpc) is 3.59. The highest BCUT2D eigenvalue weighted by molar-refractivity contribution is 7.09. The summed E-state index contributed by atoms with van der Waals surface area (Å²) in [7, 11) is 0. The summed E-state index contributed by atoms with van der Waals surface area (Å²) < 4.78 is 29.6. The maximum absolute atomic E-state index is 13.3. The smallest absolute Gasteiger partial charge is 0.231 e. The van der Waals surface area contributed by atoms with Crippen LogP contribution in [0, 0.1) is 5.82 Å². The molecular weight excluding hydrogens is 443 g/mol. The lowest BCUT2D eigenvalue weighted by Crippen LogP contribution is -2.39. The molecule has 1 aliphatic heterocycles. The van der Waals surface area contributed by atoms with Crippen LogP contribution < -0.4 is 14.2 Å². The third-order valence-electron chi connectivity index (χ3n) is 5.98. The highest BCUT2D eigenvalue weighted by atomic mass is 32.1. The SMILES string of the molecule is O=C(Cc1csc(COc2ccc(F)cc2)n1)N(Cc1ccc2c(c1)OCO2)C1CCCC1. The molecule has 0 atom stereocenters. The molecule has 6 nitrogen and oxygen atoms in total. The van der Waals surface area contributed by atoms with Crippen LogP contribution in [0.2, 0.25) is 0 Å². The molecule has 1 amide bonds. The zero-order chi connectivity index (χ0) is 22.6. The van der Waals surface area contributed by atoms with Gasteiger partial charge in [0.15, 0.2) is 11.5 Å². The molecule has 0 bridgehead atoms. The van der Waals surface area contributed by atoms with Crippen molar-refractivity contribution >= 4 is 17.2 Å². The summed E-state index contributed by atoms with van der Waals surface area (Å²) in [6, 6.07) is 12.0. The molecule has 0 radical (unpaired) electrons. The van der Waals surface area contributed by atoms with Gasteiger partial charge in [-0.2, -0.15) is 0 Å². The minimum absolute atomic E-state index is 0.0795. The monoisotopic (exact) mass is 468 g/mol. The number of fused-ring (bicyclic) bond motifs is 1. The van der Waals surface area contributed by atoms with E-state index in [1.165, 1.54) is 23.5 Å². The summed E-state index contributed by atoms with van der Waals surface area (Å²) in [5, 5.41) is 2.69. The number of aromatic nitrogens is 1. The van der Waals surface area contributed by atoms with Crippen molar-refractivity contribution < 1.29 is 23.4 Å². The first-order chi connectivity index (χ1) is 16.1. The van der Waals surface area contributed by atoms with Gasteiger partial charge in [0.2, 0.25) is 12.7 Å². The van der Waals surface area contributed by atoms with Crippen molar-refractivity contribution in [3.8, 4) is 17.2 Å². The van der Waals surface area contributed by atoms with Gasteiger partial charge in [-0.3, -0.25) is 4.79 Å². The second kappa shape index (κ2) is 9.79. The van der Waals surface area contributed by atoms with E-state index < -0.39 is 0 Å². The van der Waals surface area contributed by atoms with Crippen molar-refractivity contribution in [1.82, 2.24) is 9.88 Å². The molecule has 0 unspecified atom stereocenters. The van der Waals surface area contributed by atoms with Gasteiger partial charge in [0.1, 0.15) is 23.2 Å². The van der Waals surface area contributed by atoms with Gasteiger partial charge in [-0.1, -0.05) is 18.9 Å². The van der Waals surface area contributed by atoms with Gasteiger partial charge in [0.25, 0.3) is 0 Å². The van der Waals surface area contributed by atoms with E-state index >= 15 is 0 Å². The number of thiazole rings is 1. The molecule has 0 spiro atoms. The Hall–Kier alpha value is -3.13. The summed E-state index contributed by atoms with van der Waals surface area (Å²) in [5.41, 5.74) is 1.78. The first kappa shape index (κ1) is 21.7. The fourth-order valence-corrected chi connectivity index (χ4v) is 5.01. The van der Waals surface area contributed by atoms with Crippen molar-refractivity contribution in [3.63, 3.8) is 0 Å². The molecule has 172 valence electrons. The van der Waals surface area contributed by atoms with E-state index in [1.807, 2.05) is 28.5 Å². The number of benzene rings is 2. The number of hydrogen-bond acceptors (Lipinski definition) is 6. The summed E-state index contributed by atoms with van der Waals surface area (Å²) in [5.74, 6) is 1.84. The molecule has 1 aliphatic carbocycles. The number of amides is 1.